The highest BCUT2D eigenvalue weighted by molar-refractivity contribution is 5.87. The molecule has 0 saturated heterocycles. The van der Waals surface area contributed by atoms with Crippen molar-refractivity contribution in [1.29, 1.82) is 0 Å². The number of hydrogen-bond donors (Lipinski definition) is 5. The van der Waals surface area contributed by atoms with E-state index in [1.165, 1.54) is 0 Å². The molecule has 2 atom stereocenters. The zero-order valence-corrected chi connectivity index (χ0v) is 16.8. The van der Waals surface area contributed by atoms with Crippen LogP contribution in [0.2, 0.25) is 0 Å². The Hall–Kier alpha value is -3.83. The maximum atomic E-state index is 12.1. The van der Waals surface area contributed by atoms with E-state index >= 15 is 0 Å². The van der Waals surface area contributed by atoms with Crippen LogP contribution in [-0.2, 0) is 25.8 Å². The van der Waals surface area contributed by atoms with E-state index in [0.717, 1.165) is 11.3 Å². The maximum absolute atomic E-state index is 12.1. The van der Waals surface area contributed by atoms with E-state index in [1.807, 2.05) is 6.07 Å². The first-order chi connectivity index (χ1) is 14.8. The molecule has 0 aliphatic carbocycles. The van der Waals surface area contributed by atoms with Crippen molar-refractivity contribution in [3.8, 4) is 0 Å². The summed E-state index contributed by atoms with van der Waals surface area (Å²) >= 11 is 0. The summed E-state index contributed by atoms with van der Waals surface area (Å²) in [6.45, 7) is 0.0607. The van der Waals surface area contributed by atoms with Gasteiger partial charge in [-0.3, -0.25) is 9.79 Å². The molecule has 0 radical (unpaired) electrons. The van der Waals surface area contributed by atoms with E-state index in [4.69, 9.17) is 21.0 Å². The minimum atomic E-state index is -1.34. The largest absolute Gasteiger partial charge is 0.480 e. The van der Waals surface area contributed by atoms with E-state index in [0.29, 0.717) is 19.4 Å². The number of oxime groups is 1. The van der Waals surface area contributed by atoms with E-state index in [2.05, 4.69) is 20.8 Å². The Morgan fingerprint density at radius 1 is 1.29 bits per heavy atom. The summed E-state index contributed by atoms with van der Waals surface area (Å²) in [5.41, 5.74) is 12.0. The number of alkyl carbamates (subject to hydrolysis) is 1. The number of aliphatic carboxylic acids is 1. The number of nitrogens with one attached hydrogen (secondary N) is 2. The molecule has 2 rings (SSSR count). The molecule has 1 aromatic rings. The van der Waals surface area contributed by atoms with Gasteiger partial charge in [0.2, 0.25) is 5.91 Å². The van der Waals surface area contributed by atoms with Crippen LogP contribution in [0.5, 0.6) is 0 Å². The van der Waals surface area contributed by atoms with Gasteiger partial charge in [0.05, 0.1) is 12.1 Å². The smallest absolute Gasteiger partial charge is 0.408 e. The molecule has 12 nitrogen and oxygen atoms in total. The Morgan fingerprint density at radius 2 is 2.03 bits per heavy atom. The van der Waals surface area contributed by atoms with Crippen LogP contribution in [0.3, 0.4) is 0 Å². The Bertz CT molecular complexity index is 824. The third kappa shape index (κ3) is 9.02. The van der Waals surface area contributed by atoms with Gasteiger partial charge in [-0.15, -0.1) is 0 Å². The molecule has 168 valence electrons. The van der Waals surface area contributed by atoms with Gasteiger partial charge < -0.3 is 36.8 Å². The van der Waals surface area contributed by atoms with Crippen molar-refractivity contribution in [3.63, 3.8) is 0 Å². The van der Waals surface area contributed by atoms with Gasteiger partial charge in [-0.05, 0) is 5.56 Å². The van der Waals surface area contributed by atoms with Crippen LogP contribution in [0, 0.1) is 0 Å². The predicted octanol–water partition coefficient (Wildman–Crippen LogP) is -0.319. The summed E-state index contributed by atoms with van der Waals surface area (Å²) in [7, 11) is 0. The summed E-state index contributed by atoms with van der Waals surface area (Å²) < 4.78 is 5.00. The molecule has 1 aliphatic rings. The number of ether oxygens (including phenoxy) is 1. The first-order valence-corrected chi connectivity index (χ1v) is 9.57. The van der Waals surface area contributed by atoms with Crippen LogP contribution in [0.15, 0.2) is 40.5 Å². The second kappa shape index (κ2) is 12.0. The predicted molar refractivity (Wildman–Crippen MR) is 111 cm³/mol. The number of hydrogen-bond acceptors (Lipinski definition) is 7. The molecule has 1 unspecified atom stereocenters. The van der Waals surface area contributed by atoms with Crippen molar-refractivity contribution >= 4 is 29.6 Å². The van der Waals surface area contributed by atoms with Crippen LogP contribution in [-0.4, -0.2) is 60.0 Å². The third-order valence-electron chi connectivity index (χ3n) is 4.21. The van der Waals surface area contributed by atoms with Crippen molar-refractivity contribution in [3.05, 3.63) is 35.9 Å². The van der Waals surface area contributed by atoms with Gasteiger partial charge in [-0.25, -0.2) is 9.59 Å². The second-order valence-corrected chi connectivity index (χ2v) is 6.75. The lowest BCUT2D eigenvalue weighted by Crippen LogP contribution is -2.48. The number of carboxylic acid groups (broad SMARTS) is 1. The monoisotopic (exact) mass is 434 g/mol. The number of carbonyl (C=O) groups excluding carboxylic acids is 2. The molecule has 12 heteroatoms. The molecule has 1 aliphatic heterocycles. The average molecular weight is 434 g/mol. The lowest BCUT2D eigenvalue weighted by Gasteiger charge is -2.16. The van der Waals surface area contributed by atoms with E-state index in [1.54, 1.807) is 24.3 Å². The van der Waals surface area contributed by atoms with Gasteiger partial charge in [0.25, 0.3) is 0 Å². The van der Waals surface area contributed by atoms with Gasteiger partial charge >= 0.3 is 12.1 Å². The second-order valence-electron chi connectivity index (χ2n) is 6.75. The maximum Gasteiger partial charge on any atom is 0.408 e. The van der Waals surface area contributed by atoms with Gasteiger partial charge in [0.1, 0.15) is 18.8 Å². The Kier molecular flexibility index (Phi) is 9.08. The zero-order chi connectivity index (χ0) is 22.6. The van der Waals surface area contributed by atoms with Gasteiger partial charge in [-0.1, -0.05) is 35.5 Å². The number of guanidine groups is 1. The van der Waals surface area contributed by atoms with Crippen molar-refractivity contribution in [2.45, 2.75) is 38.0 Å². The van der Waals surface area contributed by atoms with Gasteiger partial charge in [0, 0.05) is 25.9 Å². The van der Waals surface area contributed by atoms with Crippen LogP contribution < -0.4 is 22.1 Å². The topological polar surface area (TPSA) is 191 Å². The summed E-state index contributed by atoms with van der Waals surface area (Å²) in [6.07, 6.45) is -0.420. The number of rotatable bonds is 11. The first-order valence-electron chi connectivity index (χ1n) is 9.57. The Balaban J connectivity index is 1.69. The van der Waals surface area contributed by atoms with Crippen molar-refractivity contribution < 1.29 is 29.1 Å². The standard InChI is InChI=1S/C19H26N6O6/c20-18(21)22-7-6-13-8-14(31-25-13)9-16(26)23-10-15(17(27)28)24-19(29)30-11-12-4-2-1-3-5-12/h1-5,14-15H,6-11H2,(H,23,26)(H,24,29)(H,27,28)(H4,20,21,22)/t14?,15-/m0/s1. The first kappa shape index (κ1) is 23.4. The molecule has 7 N–H and O–H groups in total. The molecule has 1 heterocycles. The SMILES string of the molecule is NC(N)=NCCC1=NOC(CC(=O)NC[C@H](NC(=O)OCc2ccccc2)C(=O)O)C1. The molecule has 0 spiro atoms. The zero-order valence-electron chi connectivity index (χ0n) is 16.8. The van der Waals surface area contributed by atoms with Crippen LogP contribution >= 0.6 is 0 Å². The lowest BCUT2D eigenvalue weighted by atomic mass is 10.1. The van der Waals surface area contributed by atoms with Crippen LogP contribution in [0.1, 0.15) is 24.8 Å². The molecule has 31 heavy (non-hydrogen) atoms. The molecule has 1 aromatic carbocycles. The fraction of sp³-hybridized carbons (Fsp3) is 0.421. The van der Waals surface area contributed by atoms with E-state index < -0.39 is 30.1 Å². The molecule has 2 amide bonds. The molecular formula is C19H26N6O6. The quantitative estimate of drug-likeness (QED) is 0.231. The Morgan fingerprint density at radius 3 is 2.71 bits per heavy atom. The third-order valence-corrected chi connectivity index (χ3v) is 4.21. The number of carboxylic acids is 1. The normalized spacial score (nSPS) is 15.7. The number of nitrogens with zero attached hydrogens (tertiary/aromatic N) is 2. The van der Waals surface area contributed by atoms with E-state index in [-0.39, 0.29) is 25.5 Å². The molecule has 0 bridgehead atoms. The molecule has 0 aromatic heterocycles. The number of aliphatic imine (C=N–C) groups is 1. The number of benzene rings is 1. The Labute approximate surface area is 178 Å². The van der Waals surface area contributed by atoms with Crippen molar-refractivity contribution in [1.82, 2.24) is 10.6 Å². The fourth-order valence-electron chi connectivity index (χ4n) is 2.66. The van der Waals surface area contributed by atoms with E-state index in [9.17, 15) is 19.5 Å². The van der Waals surface area contributed by atoms with Crippen LogP contribution in [0.4, 0.5) is 4.79 Å². The van der Waals surface area contributed by atoms with Crippen molar-refractivity contribution in [2.75, 3.05) is 13.1 Å². The van der Waals surface area contributed by atoms with Gasteiger partial charge in [-0.2, -0.15) is 0 Å². The minimum Gasteiger partial charge on any atom is -0.480 e. The number of nitrogens with two attached hydrogens (primary N) is 2. The molecule has 0 saturated carbocycles. The number of amides is 2. The van der Waals surface area contributed by atoms with Crippen LogP contribution in [0.25, 0.3) is 0 Å². The lowest BCUT2D eigenvalue weighted by molar-refractivity contribution is -0.139. The fourth-order valence-corrected chi connectivity index (χ4v) is 2.66. The minimum absolute atomic E-state index is 0.00406. The summed E-state index contributed by atoms with van der Waals surface area (Å²) in [5, 5.41) is 17.8. The molecule has 0 fully saturated rings. The average Bonchev–Trinajstić information content (AvgIpc) is 3.16. The van der Waals surface area contributed by atoms with Gasteiger partial charge in [0.15, 0.2) is 5.96 Å². The highest BCUT2D eigenvalue weighted by Crippen LogP contribution is 2.15. The highest BCUT2D eigenvalue weighted by Gasteiger charge is 2.25. The van der Waals surface area contributed by atoms with Crippen molar-refractivity contribution in [2.24, 2.45) is 21.6 Å². The number of carbonyl (C=O) groups is 3. The highest BCUT2D eigenvalue weighted by atomic mass is 16.6. The summed E-state index contributed by atoms with van der Waals surface area (Å²) in [4.78, 5) is 44.4. The summed E-state index contributed by atoms with van der Waals surface area (Å²) in [6, 6.07) is 7.59. The molecular weight excluding hydrogens is 408 g/mol. The summed E-state index contributed by atoms with van der Waals surface area (Å²) in [5.74, 6) is -1.75.